The minimum absolute atomic E-state index is 0.288. The van der Waals surface area contributed by atoms with Gasteiger partial charge in [0, 0.05) is 17.5 Å². The standard InChI is InChI=1S/C14H20ClNO/c1-2-3-13(16)5-4-10-8-12(15)9-11-6-7-17-14(10)11/h8-9,13H,2-7,16H2,1H3. The van der Waals surface area contributed by atoms with E-state index >= 15 is 0 Å². The lowest BCUT2D eigenvalue weighted by Crippen LogP contribution is -2.20. The molecule has 2 N–H and O–H groups in total. The lowest BCUT2D eigenvalue weighted by molar-refractivity contribution is 0.352. The summed E-state index contributed by atoms with van der Waals surface area (Å²) in [6.45, 7) is 2.95. The van der Waals surface area contributed by atoms with E-state index in [1.807, 2.05) is 12.1 Å². The summed E-state index contributed by atoms with van der Waals surface area (Å²) in [5.74, 6) is 1.05. The van der Waals surface area contributed by atoms with E-state index in [0.717, 1.165) is 49.5 Å². The predicted octanol–water partition coefficient (Wildman–Crippen LogP) is 3.33. The molecule has 0 saturated carbocycles. The van der Waals surface area contributed by atoms with Crippen LogP contribution in [0.1, 0.15) is 37.3 Å². The molecule has 1 aromatic carbocycles. The van der Waals surface area contributed by atoms with Gasteiger partial charge in [0.2, 0.25) is 0 Å². The molecular weight excluding hydrogens is 234 g/mol. The van der Waals surface area contributed by atoms with Crippen LogP contribution in [-0.2, 0) is 12.8 Å². The first-order valence-electron chi connectivity index (χ1n) is 6.40. The number of ether oxygens (including phenoxy) is 1. The molecule has 3 heteroatoms. The van der Waals surface area contributed by atoms with Gasteiger partial charge in [0.15, 0.2) is 0 Å². The Morgan fingerprint density at radius 1 is 1.41 bits per heavy atom. The zero-order valence-electron chi connectivity index (χ0n) is 10.3. The molecule has 94 valence electrons. The number of hydrogen-bond acceptors (Lipinski definition) is 2. The Balaban J connectivity index is 2.05. The summed E-state index contributed by atoms with van der Waals surface area (Å²) < 4.78 is 5.68. The second-order valence-electron chi connectivity index (χ2n) is 4.74. The van der Waals surface area contributed by atoms with E-state index in [2.05, 4.69) is 6.92 Å². The van der Waals surface area contributed by atoms with Crippen molar-refractivity contribution in [3.05, 3.63) is 28.3 Å². The van der Waals surface area contributed by atoms with Gasteiger partial charge in [-0.3, -0.25) is 0 Å². The molecule has 0 aromatic heterocycles. The smallest absolute Gasteiger partial charge is 0.125 e. The third-order valence-corrected chi connectivity index (χ3v) is 3.49. The van der Waals surface area contributed by atoms with Crippen LogP contribution < -0.4 is 10.5 Å². The van der Waals surface area contributed by atoms with E-state index in [0.29, 0.717) is 0 Å². The fourth-order valence-corrected chi connectivity index (χ4v) is 2.65. The third kappa shape index (κ3) is 3.14. The van der Waals surface area contributed by atoms with Crippen LogP contribution >= 0.6 is 11.6 Å². The minimum atomic E-state index is 0.288. The number of fused-ring (bicyclic) bond motifs is 1. The number of benzene rings is 1. The summed E-state index contributed by atoms with van der Waals surface area (Å²) in [6, 6.07) is 4.32. The molecule has 1 aromatic rings. The lowest BCUT2D eigenvalue weighted by Gasteiger charge is -2.12. The number of halogens is 1. The van der Waals surface area contributed by atoms with Crippen LogP contribution in [-0.4, -0.2) is 12.6 Å². The highest BCUT2D eigenvalue weighted by molar-refractivity contribution is 6.30. The third-order valence-electron chi connectivity index (χ3n) is 3.27. The van der Waals surface area contributed by atoms with Gasteiger partial charge in [-0.2, -0.15) is 0 Å². The van der Waals surface area contributed by atoms with Crippen molar-refractivity contribution in [2.24, 2.45) is 5.73 Å². The zero-order valence-corrected chi connectivity index (χ0v) is 11.1. The van der Waals surface area contributed by atoms with E-state index in [1.54, 1.807) is 0 Å². The maximum Gasteiger partial charge on any atom is 0.125 e. The van der Waals surface area contributed by atoms with Gasteiger partial charge in [0.05, 0.1) is 6.61 Å². The Morgan fingerprint density at radius 2 is 2.24 bits per heavy atom. The number of rotatable bonds is 5. The largest absolute Gasteiger partial charge is 0.493 e. The van der Waals surface area contributed by atoms with Gasteiger partial charge in [-0.15, -0.1) is 0 Å². The van der Waals surface area contributed by atoms with Gasteiger partial charge in [-0.1, -0.05) is 24.9 Å². The first-order chi connectivity index (χ1) is 8.20. The second kappa shape index (κ2) is 5.74. The normalized spacial score (nSPS) is 15.5. The van der Waals surface area contributed by atoms with Crippen LogP contribution in [0.3, 0.4) is 0 Å². The molecule has 2 rings (SSSR count). The monoisotopic (exact) mass is 253 g/mol. The molecule has 17 heavy (non-hydrogen) atoms. The predicted molar refractivity (Wildman–Crippen MR) is 71.9 cm³/mol. The molecule has 0 fully saturated rings. The fourth-order valence-electron chi connectivity index (χ4n) is 2.39. The summed E-state index contributed by atoms with van der Waals surface area (Å²) in [5.41, 5.74) is 8.51. The highest BCUT2D eigenvalue weighted by Gasteiger charge is 2.17. The second-order valence-corrected chi connectivity index (χ2v) is 5.18. The van der Waals surface area contributed by atoms with E-state index in [4.69, 9.17) is 22.1 Å². The van der Waals surface area contributed by atoms with Crippen LogP contribution in [0, 0.1) is 0 Å². The van der Waals surface area contributed by atoms with Crippen LogP contribution in [0.2, 0.25) is 5.02 Å². The average Bonchev–Trinajstić information content (AvgIpc) is 2.74. The van der Waals surface area contributed by atoms with Crippen LogP contribution in [0.15, 0.2) is 12.1 Å². The van der Waals surface area contributed by atoms with Crippen molar-refractivity contribution < 1.29 is 4.74 Å². The van der Waals surface area contributed by atoms with Gasteiger partial charge >= 0.3 is 0 Å². The number of nitrogens with two attached hydrogens (primary N) is 1. The Hall–Kier alpha value is -0.730. The van der Waals surface area contributed by atoms with E-state index in [9.17, 15) is 0 Å². The molecular formula is C14H20ClNO. The molecule has 0 bridgehead atoms. The highest BCUT2D eigenvalue weighted by atomic mass is 35.5. The van der Waals surface area contributed by atoms with E-state index < -0.39 is 0 Å². The first-order valence-corrected chi connectivity index (χ1v) is 6.78. The molecule has 0 saturated heterocycles. The first kappa shape index (κ1) is 12.7. The summed E-state index contributed by atoms with van der Waals surface area (Å²) in [7, 11) is 0. The molecule has 2 nitrogen and oxygen atoms in total. The average molecular weight is 254 g/mol. The van der Waals surface area contributed by atoms with E-state index in [-0.39, 0.29) is 6.04 Å². The zero-order chi connectivity index (χ0) is 12.3. The van der Waals surface area contributed by atoms with Crippen LogP contribution in [0.25, 0.3) is 0 Å². The Bertz CT molecular complexity index is 392. The molecule has 1 aliphatic rings. The van der Waals surface area contributed by atoms with Crippen LogP contribution in [0.5, 0.6) is 5.75 Å². The van der Waals surface area contributed by atoms with Crippen molar-refractivity contribution in [1.82, 2.24) is 0 Å². The molecule has 0 spiro atoms. The molecule has 0 aliphatic carbocycles. The molecule has 0 amide bonds. The van der Waals surface area contributed by atoms with Crippen molar-refractivity contribution in [3.8, 4) is 5.75 Å². The minimum Gasteiger partial charge on any atom is -0.493 e. The fraction of sp³-hybridized carbons (Fsp3) is 0.571. The molecule has 1 unspecified atom stereocenters. The number of aryl methyl sites for hydroxylation is 1. The summed E-state index contributed by atoms with van der Waals surface area (Å²) in [6.07, 6.45) is 5.17. The SMILES string of the molecule is CCCC(N)CCc1cc(Cl)cc2c1OCC2. The maximum atomic E-state index is 6.12. The molecule has 1 atom stereocenters. The molecule has 0 radical (unpaired) electrons. The van der Waals surface area contributed by atoms with Gasteiger partial charge in [0.25, 0.3) is 0 Å². The Morgan fingerprint density at radius 3 is 3.00 bits per heavy atom. The van der Waals surface area contributed by atoms with E-state index in [1.165, 1.54) is 11.1 Å². The van der Waals surface area contributed by atoms with Crippen LogP contribution in [0.4, 0.5) is 0 Å². The molecule has 1 heterocycles. The van der Waals surface area contributed by atoms with Crippen molar-refractivity contribution in [3.63, 3.8) is 0 Å². The molecule has 1 aliphatic heterocycles. The van der Waals surface area contributed by atoms with Gasteiger partial charge in [0.1, 0.15) is 5.75 Å². The Labute approximate surface area is 108 Å². The van der Waals surface area contributed by atoms with Gasteiger partial charge in [-0.25, -0.2) is 0 Å². The quantitative estimate of drug-likeness (QED) is 0.874. The topological polar surface area (TPSA) is 35.2 Å². The summed E-state index contributed by atoms with van der Waals surface area (Å²) in [4.78, 5) is 0. The number of hydrogen-bond donors (Lipinski definition) is 1. The summed E-state index contributed by atoms with van der Waals surface area (Å²) in [5, 5.41) is 0.813. The van der Waals surface area contributed by atoms with Crippen molar-refractivity contribution in [1.29, 1.82) is 0 Å². The summed E-state index contributed by atoms with van der Waals surface area (Å²) >= 11 is 6.12. The Kier molecular flexibility index (Phi) is 4.30. The highest BCUT2D eigenvalue weighted by Crippen LogP contribution is 2.33. The van der Waals surface area contributed by atoms with Crippen molar-refractivity contribution >= 4 is 11.6 Å². The maximum absolute atomic E-state index is 6.12. The van der Waals surface area contributed by atoms with Crippen molar-refractivity contribution in [2.75, 3.05) is 6.61 Å². The van der Waals surface area contributed by atoms with Crippen molar-refractivity contribution in [2.45, 2.75) is 45.1 Å². The van der Waals surface area contributed by atoms with Gasteiger partial charge < -0.3 is 10.5 Å². The lowest BCUT2D eigenvalue weighted by atomic mass is 10.00. The van der Waals surface area contributed by atoms with Gasteiger partial charge in [-0.05, 0) is 42.5 Å².